The molecule has 1 atom stereocenters. The molecule has 0 spiro atoms. The number of benzene rings is 2. The Kier molecular flexibility index (Phi) is 7.43. The highest BCUT2D eigenvalue weighted by atomic mass is 79.9. The average molecular weight is 460 g/mol. The summed E-state index contributed by atoms with van der Waals surface area (Å²) in [5, 5.41) is 0. The first-order chi connectivity index (χ1) is 14.1. The minimum Gasteiger partial charge on any atom is -0.496 e. The summed E-state index contributed by atoms with van der Waals surface area (Å²) in [6.07, 6.45) is 1.90. The van der Waals surface area contributed by atoms with Crippen LogP contribution in [0.2, 0.25) is 0 Å². The van der Waals surface area contributed by atoms with Gasteiger partial charge in [0.2, 0.25) is 6.10 Å². The molecule has 7 heteroatoms. The lowest BCUT2D eigenvalue weighted by Crippen LogP contribution is -2.44. The first-order valence-corrected chi connectivity index (χ1v) is 10.0. The van der Waals surface area contributed by atoms with Crippen LogP contribution in [0, 0.1) is 0 Å². The van der Waals surface area contributed by atoms with E-state index in [1.54, 1.807) is 36.3 Å². The van der Waals surface area contributed by atoms with Crippen LogP contribution in [0.1, 0.15) is 17.2 Å². The number of esters is 1. The van der Waals surface area contributed by atoms with Gasteiger partial charge in [-0.15, -0.1) is 0 Å². The van der Waals surface area contributed by atoms with Gasteiger partial charge in [-0.1, -0.05) is 46.3 Å². The first-order valence-electron chi connectivity index (χ1n) is 9.22. The second kappa shape index (κ2) is 10.2. The molecule has 2 aromatic carbocycles. The van der Waals surface area contributed by atoms with E-state index in [-0.39, 0.29) is 5.91 Å². The molecule has 1 amide bonds. The van der Waals surface area contributed by atoms with Gasteiger partial charge in [0.1, 0.15) is 5.75 Å². The van der Waals surface area contributed by atoms with Crippen molar-refractivity contribution in [3.8, 4) is 5.75 Å². The summed E-state index contributed by atoms with van der Waals surface area (Å²) in [4.78, 5) is 27.2. The van der Waals surface area contributed by atoms with E-state index in [2.05, 4.69) is 15.9 Å². The highest BCUT2D eigenvalue weighted by Gasteiger charge is 2.30. The molecule has 29 heavy (non-hydrogen) atoms. The lowest BCUT2D eigenvalue weighted by molar-refractivity contribution is -0.159. The van der Waals surface area contributed by atoms with Crippen molar-refractivity contribution in [2.75, 3.05) is 33.4 Å². The van der Waals surface area contributed by atoms with Crippen LogP contribution < -0.4 is 4.74 Å². The molecule has 6 nitrogen and oxygen atoms in total. The van der Waals surface area contributed by atoms with Crippen LogP contribution in [0.25, 0.3) is 6.08 Å². The van der Waals surface area contributed by atoms with Gasteiger partial charge in [-0.05, 0) is 24.3 Å². The number of ether oxygens (including phenoxy) is 3. The van der Waals surface area contributed by atoms with E-state index in [0.717, 1.165) is 10.0 Å². The van der Waals surface area contributed by atoms with Crippen LogP contribution in [-0.2, 0) is 19.1 Å². The van der Waals surface area contributed by atoms with Gasteiger partial charge in [0.15, 0.2) is 0 Å². The number of carbonyl (C=O) groups excluding carboxylic acids is 2. The van der Waals surface area contributed by atoms with Gasteiger partial charge in [0, 0.05) is 34.8 Å². The van der Waals surface area contributed by atoms with Crippen molar-refractivity contribution in [3.63, 3.8) is 0 Å². The third kappa shape index (κ3) is 5.68. The lowest BCUT2D eigenvalue weighted by Gasteiger charge is -2.30. The van der Waals surface area contributed by atoms with Crippen LogP contribution in [0.5, 0.6) is 5.75 Å². The summed E-state index contributed by atoms with van der Waals surface area (Å²) in [5.41, 5.74) is 1.35. The molecule has 0 saturated carbocycles. The molecule has 1 fully saturated rings. The predicted molar refractivity (Wildman–Crippen MR) is 112 cm³/mol. The maximum atomic E-state index is 13.0. The summed E-state index contributed by atoms with van der Waals surface area (Å²) >= 11 is 3.40. The molecule has 0 aliphatic carbocycles. The number of hydrogen-bond donors (Lipinski definition) is 0. The number of methoxy groups -OCH3 is 1. The lowest BCUT2D eigenvalue weighted by atomic mass is 10.1. The molecule has 1 heterocycles. The Balaban J connectivity index is 1.77. The van der Waals surface area contributed by atoms with Crippen molar-refractivity contribution in [3.05, 3.63) is 70.2 Å². The van der Waals surface area contributed by atoms with Crippen molar-refractivity contribution in [2.24, 2.45) is 0 Å². The summed E-state index contributed by atoms with van der Waals surface area (Å²) in [7, 11) is 1.56. The SMILES string of the molecule is COc1ccc(Br)cc1/C=C/C(=O)OC(C(=O)N1CCOCC1)c1ccccc1. The molecule has 0 bridgehead atoms. The van der Waals surface area contributed by atoms with Crippen molar-refractivity contribution < 1.29 is 23.8 Å². The van der Waals surface area contributed by atoms with E-state index in [4.69, 9.17) is 14.2 Å². The summed E-state index contributed by atoms with van der Waals surface area (Å²) < 4.78 is 17.0. The van der Waals surface area contributed by atoms with Gasteiger partial charge >= 0.3 is 5.97 Å². The van der Waals surface area contributed by atoms with E-state index < -0.39 is 12.1 Å². The highest BCUT2D eigenvalue weighted by molar-refractivity contribution is 9.10. The zero-order valence-corrected chi connectivity index (χ0v) is 17.6. The zero-order chi connectivity index (χ0) is 20.6. The molecule has 0 aromatic heterocycles. The molecule has 1 unspecified atom stereocenters. The summed E-state index contributed by atoms with van der Waals surface area (Å²) in [5.74, 6) is -0.231. The Hall–Kier alpha value is -2.64. The van der Waals surface area contributed by atoms with Gasteiger partial charge in [-0.25, -0.2) is 4.79 Å². The van der Waals surface area contributed by atoms with Gasteiger partial charge in [0.25, 0.3) is 5.91 Å². The number of hydrogen-bond acceptors (Lipinski definition) is 5. The average Bonchev–Trinajstić information content (AvgIpc) is 2.77. The molecule has 152 valence electrons. The van der Waals surface area contributed by atoms with Crippen LogP contribution in [0.3, 0.4) is 0 Å². The number of halogens is 1. The Morgan fingerprint density at radius 2 is 1.86 bits per heavy atom. The molecular weight excluding hydrogens is 438 g/mol. The maximum absolute atomic E-state index is 13.0. The van der Waals surface area contributed by atoms with Crippen molar-refractivity contribution in [1.29, 1.82) is 0 Å². The third-order valence-electron chi connectivity index (χ3n) is 4.47. The highest BCUT2D eigenvalue weighted by Crippen LogP contribution is 2.25. The Morgan fingerprint density at radius 1 is 1.14 bits per heavy atom. The molecule has 1 aliphatic heterocycles. The van der Waals surface area contributed by atoms with E-state index in [9.17, 15) is 9.59 Å². The minimum atomic E-state index is -1.00. The van der Waals surface area contributed by atoms with Gasteiger partial charge in [-0.3, -0.25) is 4.79 Å². The number of carbonyl (C=O) groups is 2. The van der Waals surface area contributed by atoms with Crippen molar-refractivity contribution in [2.45, 2.75) is 6.10 Å². The van der Waals surface area contributed by atoms with E-state index >= 15 is 0 Å². The number of rotatable bonds is 6. The fraction of sp³-hybridized carbons (Fsp3) is 0.273. The molecule has 1 saturated heterocycles. The Morgan fingerprint density at radius 3 is 2.55 bits per heavy atom. The monoisotopic (exact) mass is 459 g/mol. The quantitative estimate of drug-likeness (QED) is 0.487. The second-order valence-electron chi connectivity index (χ2n) is 6.38. The predicted octanol–water partition coefficient (Wildman–Crippen LogP) is 3.61. The van der Waals surface area contributed by atoms with Crippen LogP contribution in [-0.4, -0.2) is 50.2 Å². The zero-order valence-electron chi connectivity index (χ0n) is 16.0. The molecule has 0 N–H and O–H groups in total. The Labute approximate surface area is 178 Å². The number of amides is 1. The smallest absolute Gasteiger partial charge is 0.331 e. The second-order valence-corrected chi connectivity index (χ2v) is 7.30. The van der Waals surface area contributed by atoms with E-state index in [1.165, 1.54) is 6.08 Å². The van der Waals surface area contributed by atoms with Gasteiger partial charge < -0.3 is 19.1 Å². The minimum absolute atomic E-state index is 0.249. The van der Waals surface area contributed by atoms with E-state index in [1.807, 2.05) is 30.3 Å². The fourth-order valence-corrected chi connectivity index (χ4v) is 3.37. The van der Waals surface area contributed by atoms with E-state index in [0.29, 0.717) is 37.6 Å². The summed E-state index contributed by atoms with van der Waals surface area (Å²) in [6.45, 7) is 1.91. The largest absolute Gasteiger partial charge is 0.496 e. The van der Waals surface area contributed by atoms with Gasteiger partial charge in [-0.2, -0.15) is 0 Å². The Bertz CT molecular complexity index is 878. The van der Waals surface area contributed by atoms with Crippen LogP contribution >= 0.6 is 15.9 Å². The molecule has 2 aromatic rings. The maximum Gasteiger partial charge on any atom is 0.331 e. The van der Waals surface area contributed by atoms with Gasteiger partial charge in [0.05, 0.1) is 20.3 Å². The van der Waals surface area contributed by atoms with Crippen molar-refractivity contribution in [1.82, 2.24) is 4.90 Å². The molecule has 3 rings (SSSR count). The number of nitrogens with zero attached hydrogens (tertiary/aromatic N) is 1. The van der Waals surface area contributed by atoms with Crippen LogP contribution in [0.15, 0.2) is 59.1 Å². The standard InChI is InChI=1S/C22H22BrNO5/c1-27-19-9-8-18(23)15-17(19)7-10-20(25)29-21(16-5-3-2-4-6-16)22(26)24-11-13-28-14-12-24/h2-10,15,21H,11-14H2,1H3/b10-7+. The number of morpholine rings is 1. The molecule has 1 aliphatic rings. The summed E-state index contributed by atoms with van der Waals surface area (Å²) in [6, 6.07) is 14.5. The third-order valence-corrected chi connectivity index (χ3v) is 4.97. The molecule has 0 radical (unpaired) electrons. The first kappa shape index (κ1) is 21.1. The molecular formula is C22H22BrNO5. The van der Waals surface area contributed by atoms with Crippen LogP contribution in [0.4, 0.5) is 0 Å². The normalized spacial score (nSPS) is 15.2. The fourth-order valence-electron chi connectivity index (χ4n) is 2.99. The topological polar surface area (TPSA) is 65.1 Å². The van der Waals surface area contributed by atoms with Crippen molar-refractivity contribution >= 4 is 33.9 Å².